The summed E-state index contributed by atoms with van der Waals surface area (Å²) in [5, 5.41) is 2.38. The third-order valence-corrected chi connectivity index (χ3v) is 2.27. The van der Waals surface area contributed by atoms with Gasteiger partial charge in [-0.05, 0) is 17.7 Å². The van der Waals surface area contributed by atoms with Crippen molar-refractivity contribution in [3.8, 4) is 0 Å². The van der Waals surface area contributed by atoms with E-state index >= 15 is 0 Å². The highest BCUT2D eigenvalue weighted by Crippen LogP contribution is 2.31. The number of hydrogen-bond acceptors (Lipinski definition) is 2. The Balaban J connectivity index is 2.26. The molecule has 86 valence electrons. The molecule has 2 rings (SSSR count). The Hall–Kier alpha value is -1.72. The number of amides is 1. The molecule has 1 aliphatic rings. The number of cyclic esters (lactones) is 1. The number of halogens is 3. The van der Waals surface area contributed by atoms with Crippen LogP contribution in [0.25, 0.3) is 0 Å². The van der Waals surface area contributed by atoms with Crippen molar-refractivity contribution in [3.05, 3.63) is 35.4 Å². The van der Waals surface area contributed by atoms with Gasteiger partial charge >= 0.3 is 12.3 Å². The summed E-state index contributed by atoms with van der Waals surface area (Å²) in [5.74, 6) is 0. The van der Waals surface area contributed by atoms with Crippen LogP contribution in [-0.2, 0) is 10.9 Å². The average Bonchev–Trinajstić information content (AvgIpc) is 2.64. The molecule has 0 bridgehead atoms. The van der Waals surface area contributed by atoms with Gasteiger partial charge in [0.15, 0.2) is 0 Å². The van der Waals surface area contributed by atoms with E-state index in [1.54, 1.807) is 0 Å². The van der Waals surface area contributed by atoms with Gasteiger partial charge in [-0.25, -0.2) is 4.79 Å². The van der Waals surface area contributed by atoms with Crippen LogP contribution in [0.4, 0.5) is 18.0 Å². The van der Waals surface area contributed by atoms with Crippen LogP contribution in [0.15, 0.2) is 24.3 Å². The fraction of sp³-hybridized carbons (Fsp3) is 0.300. The standard InChI is InChI=1S/C10H8F3NO2/c11-10(12,13)7-3-1-2-6(4-7)8-5-14-9(15)16-8/h1-4,8H,5H2,(H,14,15)/t8-/m0/s1. The number of alkyl carbamates (subject to hydrolysis) is 1. The molecule has 1 atom stereocenters. The minimum absolute atomic E-state index is 0.195. The van der Waals surface area contributed by atoms with E-state index in [9.17, 15) is 18.0 Å². The fourth-order valence-electron chi connectivity index (χ4n) is 1.49. The van der Waals surface area contributed by atoms with Gasteiger partial charge in [0.25, 0.3) is 0 Å². The zero-order valence-electron chi connectivity index (χ0n) is 8.04. The van der Waals surface area contributed by atoms with Crippen LogP contribution in [0.3, 0.4) is 0 Å². The lowest BCUT2D eigenvalue weighted by molar-refractivity contribution is -0.137. The summed E-state index contributed by atoms with van der Waals surface area (Å²) < 4.78 is 42.0. The Labute approximate surface area is 89.2 Å². The molecule has 0 unspecified atom stereocenters. The van der Waals surface area contributed by atoms with E-state index in [2.05, 4.69) is 5.32 Å². The topological polar surface area (TPSA) is 38.3 Å². The summed E-state index contributed by atoms with van der Waals surface area (Å²) in [5.41, 5.74) is -0.402. The molecule has 0 spiro atoms. The van der Waals surface area contributed by atoms with E-state index in [1.165, 1.54) is 12.1 Å². The van der Waals surface area contributed by atoms with E-state index in [4.69, 9.17) is 4.74 Å². The second-order valence-corrected chi connectivity index (χ2v) is 3.40. The smallest absolute Gasteiger partial charge is 0.416 e. The minimum atomic E-state index is -4.38. The van der Waals surface area contributed by atoms with E-state index < -0.39 is 23.9 Å². The van der Waals surface area contributed by atoms with Crippen LogP contribution < -0.4 is 5.32 Å². The van der Waals surface area contributed by atoms with Gasteiger partial charge in [-0.15, -0.1) is 0 Å². The van der Waals surface area contributed by atoms with Crippen molar-refractivity contribution in [2.24, 2.45) is 0 Å². The number of rotatable bonds is 1. The molecule has 3 nitrogen and oxygen atoms in total. The van der Waals surface area contributed by atoms with Gasteiger partial charge in [-0.3, -0.25) is 0 Å². The lowest BCUT2D eigenvalue weighted by atomic mass is 10.1. The largest absolute Gasteiger partial charge is 0.439 e. The van der Waals surface area contributed by atoms with Crippen molar-refractivity contribution in [2.75, 3.05) is 6.54 Å². The lowest BCUT2D eigenvalue weighted by Gasteiger charge is -2.11. The van der Waals surface area contributed by atoms with Crippen molar-refractivity contribution >= 4 is 6.09 Å². The number of ether oxygens (including phenoxy) is 1. The van der Waals surface area contributed by atoms with E-state index in [1.807, 2.05) is 0 Å². The van der Waals surface area contributed by atoms with E-state index in [0.29, 0.717) is 5.56 Å². The van der Waals surface area contributed by atoms with Crippen LogP contribution in [0.5, 0.6) is 0 Å². The molecular formula is C10H8F3NO2. The van der Waals surface area contributed by atoms with Crippen molar-refractivity contribution in [2.45, 2.75) is 12.3 Å². The highest BCUT2D eigenvalue weighted by Gasteiger charge is 2.32. The van der Waals surface area contributed by atoms with Gasteiger partial charge in [-0.1, -0.05) is 12.1 Å². The first-order valence-electron chi connectivity index (χ1n) is 4.58. The average molecular weight is 231 g/mol. The van der Waals surface area contributed by atoms with Crippen LogP contribution in [0, 0.1) is 0 Å². The summed E-state index contributed by atoms with van der Waals surface area (Å²) >= 11 is 0. The molecule has 1 saturated heterocycles. The maximum atomic E-state index is 12.4. The molecule has 0 radical (unpaired) electrons. The molecule has 1 aromatic rings. The molecule has 16 heavy (non-hydrogen) atoms. The normalized spacial score (nSPS) is 20.4. The number of nitrogens with one attached hydrogen (secondary N) is 1. The van der Waals surface area contributed by atoms with Crippen LogP contribution in [0.1, 0.15) is 17.2 Å². The molecular weight excluding hydrogens is 223 g/mol. The predicted molar refractivity (Wildman–Crippen MR) is 48.7 cm³/mol. The van der Waals surface area contributed by atoms with Crippen molar-refractivity contribution in [3.63, 3.8) is 0 Å². The number of hydrogen-bond donors (Lipinski definition) is 1. The quantitative estimate of drug-likeness (QED) is 0.806. The predicted octanol–water partition coefficient (Wildman–Crippen LogP) is 2.49. The number of benzene rings is 1. The summed E-state index contributed by atoms with van der Waals surface area (Å²) in [6.07, 6.45) is -5.64. The molecule has 1 aromatic carbocycles. The van der Waals surface area contributed by atoms with Crippen molar-refractivity contribution in [1.29, 1.82) is 0 Å². The van der Waals surface area contributed by atoms with Gasteiger partial charge in [0.2, 0.25) is 0 Å². The zero-order valence-corrected chi connectivity index (χ0v) is 8.04. The molecule has 1 fully saturated rings. The molecule has 0 aromatic heterocycles. The molecule has 1 N–H and O–H groups in total. The summed E-state index contributed by atoms with van der Waals surface area (Å²) in [6, 6.07) is 4.77. The minimum Gasteiger partial charge on any atom is -0.439 e. The van der Waals surface area contributed by atoms with Crippen LogP contribution in [-0.4, -0.2) is 12.6 Å². The highest BCUT2D eigenvalue weighted by atomic mass is 19.4. The first kappa shape index (κ1) is 10.8. The Morgan fingerprint density at radius 1 is 1.38 bits per heavy atom. The molecule has 1 amide bonds. The molecule has 1 aliphatic heterocycles. The highest BCUT2D eigenvalue weighted by molar-refractivity contribution is 5.69. The van der Waals surface area contributed by atoms with Gasteiger partial charge in [0.1, 0.15) is 6.10 Å². The fourth-order valence-corrected chi connectivity index (χ4v) is 1.49. The molecule has 0 saturated carbocycles. The second-order valence-electron chi connectivity index (χ2n) is 3.40. The zero-order chi connectivity index (χ0) is 11.8. The monoisotopic (exact) mass is 231 g/mol. The SMILES string of the molecule is O=C1NC[C@@H](c2cccc(C(F)(F)F)c2)O1. The van der Waals surface area contributed by atoms with Gasteiger partial charge < -0.3 is 10.1 Å². The van der Waals surface area contributed by atoms with Crippen molar-refractivity contribution < 1.29 is 22.7 Å². The van der Waals surface area contributed by atoms with E-state index in [0.717, 1.165) is 12.1 Å². The number of alkyl halides is 3. The third kappa shape index (κ3) is 2.10. The first-order valence-corrected chi connectivity index (χ1v) is 4.58. The Bertz CT molecular complexity index is 417. The Morgan fingerprint density at radius 2 is 2.12 bits per heavy atom. The van der Waals surface area contributed by atoms with Crippen LogP contribution >= 0.6 is 0 Å². The Morgan fingerprint density at radius 3 is 2.69 bits per heavy atom. The molecule has 0 aliphatic carbocycles. The van der Waals surface area contributed by atoms with Gasteiger partial charge in [0, 0.05) is 0 Å². The van der Waals surface area contributed by atoms with Gasteiger partial charge in [0.05, 0.1) is 12.1 Å². The van der Waals surface area contributed by atoms with Crippen molar-refractivity contribution in [1.82, 2.24) is 5.32 Å². The summed E-state index contributed by atoms with van der Waals surface area (Å²) in [4.78, 5) is 10.8. The number of carbonyl (C=O) groups is 1. The molecule has 1 heterocycles. The third-order valence-electron chi connectivity index (χ3n) is 2.27. The summed E-state index contributed by atoms with van der Waals surface area (Å²) in [7, 11) is 0. The number of carbonyl (C=O) groups excluding carboxylic acids is 1. The van der Waals surface area contributed by atoms with Crippen LogP contribution in [0.2, 0.25) is 0 Å². The maximum absolute atomic E-state index is 12.4. The summed E-state index contributed by atoms with van der Waals surface area (Å²) in [6.45, 7) is 0.195. The molecule has 6 heteroatoms. The first-order chi connectivity index (χ1) is 7.47. The second kappa shape index (κ2) is 3.70. The van der Waals surface area contributed by atoms with Gasteiger partial charge in [-0.2, -0.15) is 13.2 Å². The van der Waals surface area contributed by atoms with E-state index in [-0.39, 0.29) is 6.54 Å². The lowest BCUT2D eigenvalue weighted by Crippen LogP contribution is -2.12. The maximum Gasteiger partial charge on any atom is 0.416 e. The Kier molecular flexibility index (Phi) is 2.49.